The van der Waals surface area contributed by atoms with Crippen LogP contribution in [0, 0.1) is 13.8 Å². The van der Waals surface area contributed by atoms with Crippen molar-refractivity contribution >= 4 is 16.8 Å². The fourth-order valence-electron chi connectivity index (χ4n) is 3.69. The van der Waals surface area contributed by atoms with E-state index < -0.39 is 0 Å². The average molecular weight is 334 g/mol. The van der Waals surface area contributed by atoms with Gasteiger partial charge in [0, 0.05) is 47.5 Å². The van der Waals surface area contributed by atoms with Crippen LogP contribution < -0.4 is 0 Å². The Morgan fingerprint density at radius 3 is 2.80 bits per heavy atom. The summed E-state index contributed by atoms with van der Waals surface area (Å²) in [5, 5.41) is 1.13. The molecule has 0 aliphatic carbocycles. The molecule has 2 aromatic heterocycles. The molecule has 1 aliphatic rings. The molecule has 1 aliphatic heterocycles. The Hall–Kier alpha value is -2.69. The molecule has 1 saturated heterocycles. The number of rotatable bonds is 3. The second-order valence-electron chi connectivity index (χ2n) is 6.87. The van der Waals surface area contributed by atoms with Gasteiger partial charge in [-0.05, 0) is 38.0 Å². The number of nitrogens with one attached hydrogen (secondary N) is 1. The van der Waals surface area contributed by atoms with Crippen molar-refractivity contribution in [3.8, 4) is 0 Å². The molecule has 0 radical (unpaired) electrons. The lowest BCUT2D eigenvalue weighted by atomic mass is 10.1. The Balaban J connectivity index is 1.47. The van der Waals surface area contributed by atoms with Gasteiger partial charge in [0.2, 0.25) is 5.91 Å². The van der Waals surface area contributed by atoms with Crippen LogP contribution in [0.15, 0.2) is 36.5 Å². The highest BCUT2D eigenvalue weighted by Gasteiger charge is 2.29. The minimum atomic E-state index is 0.177. The number of carbonyl (C=O) groups excluding carboxylic acids is 1. The minimum Gasteiger partial charge on any atom is -0.361 e. The fourth-order valence-corrected chi connectivity index (χ4v) is 3.69. The number of aromatic nitrogens is 3. The van der Waals surface area contributed by atoms with Crippen molar-refractivity contribution < 1.29 is 4.79 Å². The third-order valence-electron chi connectivity index (χ3n) is 4.92. The van der Waals surface area contributed by atoms with E-state index in [-0.39, 0.29) is 11.8 Å². The molecule has 0 unspecified atom stereocenters. The molecule has 25 heavy (non-hydrogen) atoms. The molecule has 5 heteroatoms. The van der Waals surface area contributed by atoms with E-state index in [0.29, 0.717) is 13.0 Å². The first-order valence-electron chi connectivity index (χ1n) is 8.75. The van der Waals surface area contributed by atoms with Crippen LogP contribution in [0.2, 0.25) is 0 Å². The number of fused-ring (bicyclic) bond motifs is 1. The monoisotopic (exact) mass is 334 g/mol. The van der Waals surface area contributed by atoms with Crippen LogP contribution in [0.3, 0.4) is 0 Å². The van der Waals surface area contributed by atoms with Gasteiger partial charge < -0.3 is 9.88 Å². The van der Waals surface area contributed by atoms with E-state index in [1.807, 2.05) is 49.2 Å². The SMILES string of the molecule is Cc1cc(C)nc([C@H]2CCN(C(=O)Cc3c[nH]c4ccccc34)C2)n1. The van der Waals surface area contributed by atoms with Gasteiger partial charge in [0.1, 0.15) is 5.82 Å². The number of nitrogens with zero attached hydrogens (tertiary/aromatic N) is 3. The summed E-state index contributed by atoms with van der Waals surface area (Å²) < 4.78 is 0. The number of aryl methyl sites for hydroxylation is 2. The van der Waals surface area contributed by atoms with Crippen molar-refractivity contribution in [1.82, 2.24) is 19.9 Å². The van der Waals surface area contributed by atoms with Gasteiger partial charge in [0.25, 0.3) is 0 Å². The predicted molar refractivity (Wildman–Crippen MR) is 97.4 cm³/mol. The maximum atomic E-state index is 12.7. The summed E-state index contributed by atoms with van der Waals surface area (Å²) in [6.45, 7) is 5.48. The van der Waals surface area contributed by atoms with Crippen LogP contribution in [0.4, 0.5) is 0 Å². The van der Waals surface area contributed by atoms with Gasteiger partial charge in [0.05, 0.1) is 6.42 Å². The van der Waals surface area contributed by atoms with Crippen molar-refractivity contribution in [3.63, 3.8) is 0 Å². The summed E-state index contributed by atoms with van der Waals surface area (Å²) in [7, 11) is 0. The average Bonchev–Trinajstić information content (AvgIpc) is 3.22. The first-order valence-corrected chi connectivity index (χ1v) is 8.75. The third kappa shape index (κ3) is 3.14. The lowest BCUT2D eigenvalue weighted by Gasteiger charge is -2.16. The number of para-hydroxylation sites is 1. The molecule has 1 aromatic carbocycles. The Morgan fingerprint density at radius 1 is 1.24 bits per heavy atom. The molecule has 0 spiro atoms. The van der Waals surface area contributed by atoms with Crippen LogP contribution in [0.5, 0.6) is 0 Å². The second kappa shape index (κ2) is 6.31. The summed E-state index contributed by atoms with van der Waals surface area (Å²) in [4.78, 5) is 27.1. The number of benzene rings is 1. The molecule has 1 atom stereocenters. The van der Waals surface area contributed by atoms with Crippen LogP contribution in [-0.2, 0) is 11.2 Å². The number of H-pyrrole nitrogens is 1. The number of carbonyl (C=O) groups is 1. The molecule has 1 amide bonds. The minimum absolute atomic E-state index is 0.177. The maximum absolute atomic E-state index is 12.7. The molecule has 0 bridgehead atoms. The van der Waals surface area contributed by atoms with E-state index in [1.54, 1.807) is 0 Å². The van der Waals surface area contributed by atoms with E-state index in [0.717, 1.165) is 46.6 Å². The first-order chi connectivity index (χ1) is 12.1. The van der Waals surface area contributed by atoms with Gasteiger partial charge in [0.15, 0.2) is 0 Å². The largest absolute Gasteiger partial charge is 0.361 e. The molecule has 5 nitrogen and oxygen atoms in total. The zero-order valence-corrected chi connectivity index (χ0v) is 14.6. The summed E-state index contributed by atoms with van der Waals surface area (Å²) in [6.07, 6.45) is 3.32. The van der Waals surface area contributed by atoms with Crippen LogP contribution >= 0.6 is 0 Å². The van der Waals surface area contributed by atoms with E-state index in [9.17, 15) is 4.79 Å². The van der Waals surface area contributed by atoms with Crippen molar-refractivity contribution in [2.75, 3.05) is 13.1 Å². The van der Waals surface area contributed by atoms with Crippen molar-refractivity contribution in [2.24, 2.45) is 0 Å². The smallest absolute Gasteiger partial charge is 0.227 e. The topological polar surface area (TPSA) is 61.9 Å². The first kappa shape index (κ1) is 15.8. The highest BCUT2D eigenvalue weighted by molar-refractivity contribution is 5.89. The number of likely N-dealkylation sites (tertiary alicyclic amines) is 1. The quantitative estimate of drug-likeness (QED) is 0.800. The summed E-state index contributed by atoms with van der Waals surface area (Å²) in [6, 6.07) is 10.1. The normalized spacial score (nSPS) is 17.4. The van der Waals surface area contributed by atoms with Gasteiger partial charge in [-0.15, -0.1) is 0 Å². The lowest BCUT2D eigenvalue weighted by molar-refractivity contribution is -0.129. The summed E-state index contributed by atoms with van der Waals surface area (Å²) >= 11 is 0. The number of aromatic amines is 1. The molecule has 1 N–H and O–H groups in total. The highest BCUT2D eigenvalue weighted by atomic mass is 16.2. The van der Waals surface area contributed by atoms with Crippen molar-refractivity contribution in [1.29, 1.82) is 0 Å². The van der Waals surface area contributed by atoms with Gasteiger partial charge in [-0.3, -0.25) is 4.79 Å². The van der Waals surface area contributed by atoms with Gasteiger partial charge in [-0.2, -0.15) is 0 Å². The maximum Gasteiger partial charge on any atom is 0.227 e. The Morgan fingerprint density at radius 2 is 2.00 bits per heavy atom. The third-order valence-corrected chi connectivity index (χ3v) is 4.92. The lowest BCUT2D eigenvalue weighted by Crippen LogP contribution is -2.30. The molecule has 3 heterocycles. The molecule has 3 aromatic rings. The Kier molecular flexibility index (Phi) is 3.99. The van der Waals surface area contributed by atoms with E-state index in [2.05, 4.69) is 21.0 Å². The summed E-state index contributed by atoms with van der Waals surface area (Å²) in [5.74, 6) is 1.29. The van der Waals surface area contributed by atoms with E-state index in [4.69, 9.17) is 0 Å². The van der Waals surface area contributed by atoms with Gasteiger partial charge in [-0.25, -0.2) is 9.97 Å². The van der Waals surface area contributed by atoms with Gasteiger partial charge in [-0.1, -0.05) is 18.2 Å². The molecular formula is C20H22N4O. The fraction of sp³-hybridized carbons (Fsp3) is 0.350. The van der Waals surface area contributed by atoms with Crippen molar-refractivity contribution in [2.45, 2.75) is 32.6 Å². The molecule has 0 saturated carbocycles. The number of amides is 1. The van der Waals surface area contributed by atoms with Crippen molar-refractivity contribution in [3.05, 3.63) is 59.3 Å². The standard InChI is InChI=1S/C20H22N4O/c1-13-9-14(2)23-20(22-13)15-7-8-24(12-15)19(25)10-16-11-21-18-6-4-3-5-17(16)18/h3-6,9,11,15,21H,7-8,10,12H2,1-2H3/t15-/m0/s1. The van der Waals surface area contributed by atoms with Crippen LogP contribution in [0.25, 0.3) is 10.9 Å². The molecule has 1 fully saturated rings. The second-order valence-corrected chi connectivity index (χ2v) is 6.87. The zero-order valence-electron chi connectivity index (χ0n) is 14.6. The van der Waals surface area contributed by atoms with Crippen LogP contribution in [-0.4, -0.2) is 38.8 Å². The summed E-state index contributed by atoms with van der Waals surface area (Å²) in [5.41, 5.74) is 4.12. The van der Waals surface area contributed by atoms with E-state index >= 15 is 0 Å². The Bertz CT molecular complexity index is 910. The predicted octanol–water partition coefficient (Wildman–Crippen LogP) is 3.13. The molecular weight excluding hydrogens is 312 g/mol. The van der Waals surface area contributed by atoms with Crippen LogP contribution in [0.1, 0.15) is 35.1 Å². The van der Waals surface area contributed by atoms with Gasteiger partial charge >= 0.3 is 0 Å². The van der Waals surface area contributed by atoms with E-state index in [1.165, 1.54) is 0 Å². The number of hydrogen-bond donors (Lipinski definition) is 1. The molecule has 128 valence electrons. The zero-order chi connectivity index (χ0) is 17.4. The number of hydrogen-bond acceptors (Lipinski definition) is 3. The highest BCUT2D eigenvalue weighted by Crippen LogP contribution is 2.26. The molecule has 4 rings (SSSR count). The Labute approximate surface area is 147 Å².